The lowest BCUT2D eigenvalue weighted by Crippen LogP contribution is -1.87. The molecule has 0 bridgehead atoms. The van der Waals surface area contributed by atoms with E-state index in [2.05, 4.69) is 75.4 Å². The molecule has 14 heavy (non-hydrogen) atoms. The molecule has 1 aliphatic heterocycles. The zero-order valence-corrected chi connectivity index (χ0v) is 11.1. The summed E-state index contributed by atoms with van der Waals surface area (Å²) in [5, 5.41) is 4.79. The van der Waals surface area contributed by atoms with Crippen LogP contribution < -0.4 is 0 Å². The maximum absolute atomic E-state index is 2.60. The molecular weight excluding hydrogens is 303 g/mol. The summed E-state index contributed by atoms with van der Waals surface area (Å²) in [4.78, 5) is 0. The molecule has 0 fully saturated rings. The Morgan fingerprint density at radius 1 is 1.21 bits per heavy atom. The van der Waals surface area contributed by atoms with Gasteiger partial charge in [-0.1, -0.05) is 36.4 Å². The second-order valence-corrected chi connectivity index (χ2v) is 10.8. The molecule has 1 atom stereocenters. The van der Waals surface area contributed by atoms with Gasteiger partial charge in [-0.2, -0.15) is 0 Å². The van der Waals surface area contributed by atoms with Crippen LogP contribution in [0.1, 0.15) is 12.5 Å². The number of halogens is 1. The van der Waals surface area contributed by atoms with Crippen molar-refractivity contribution in [2.75, 3.05) is 0 Å². The molecule has 1 unspecified atom stereocenters. The lowest BCUT2D eigenvalue weighted by Gasteiger charge is -2.23. The Balaban J connectivity index is 2.17. The van der Waals surface area contributed by atoms with E-state index in [0.29, 0.717) is 0 Å². The van der Waals surface area contributed by atoms with Crippen LogP contribution in [-0.4, -0.2) is 0 Å². The average molecular weight is 316 g/mol. The lowest BCUT2D eigenvalue weighted by molar-refractivity contribution is 1.42. The normalized spacial score (nSPS) is 29.7. The lowest BCUT2D eigenvalue weighted by atomic mass is 10.2. The number of benzene rings is 1. The minimum Gasteiger partial charge on any atom is -0.142 e. The molecule has 0 amide bonds. The van der Waals surface area contributed by atoms with E-state index in [4.69, 9.17) is 0 Å². The van der Waals surface area contributed by atoms with Gasteiger partial charge in [0.2, 0.25) is 0 Å². The molecule has 0 radical (unpaired) electrons. The van der Waals surface area contributed by atoms with Gasteiger partial charge in [0.05, 0.1) is 0 Å². The predicted molar refractivity (Wildman–Crippen MR) is 74.7 cm³/mol. The van der Waals surface area contributed by atoms with Crippen LogP contribution in [0.25, 0.3) is 0 Å². The smallest absolute Gasteiger partial charge is 0.0179 e. The first kappa shape index (κ1) is 10.3. The van der Waals surface area contributed by atoms with Gasteiger partial charge in [-0.3, -0.25) is 0 Å². The van der Waals surface area contributed by atoms with E-state index < -0.39 is 7.20 Å². The van der Waals surface area contributed by atoms with Crippen LogP contribution in [0.5, 0.6) is 0 Å². The van der Waals surface area contributed by atoms with Crippen LogP contribution in [0.3, 0.4) is 0 Å². The van der Waals surface area contributed by atoms with Gasteiger partial charge in [-0.15, -0.1) is 7.20 Å². The van der Waals surface area contributed by atoms with Crippen LogP contribution >= 0.6 is 28.4 Å². The van der Waals surface area contributed by atoms with Crippen molar-refractivity contribution in [3.8, 4) is 0 Å². The molecule has 0 nitrogen and oxygen atoms in total. The number of hydrogen-bond acceptors (Lipinski definition) is 0. The topological polar surface area (TPSA) is 0 Å². The first-order valence-corrected chi connectivity index (χ1v) is 9.06. The Hall–Kier alpha value is -0.220. The van der Waals surface area contributed by atoms with E-state index >= 15 is 0 Å². The fraction of sp³-hybridized carbons (Fsp3) is 0.167. The molecule has 1 aromatic rings. The van der Waals surface area contributed by atoms with Crippen molar-refractivity contribution in [3.63, 3.8) is 0 Å². The third-order valence-corrected chi connectivity index (χ3v) is 6.88. The molecule has 0 saturated carbocycles. The summed E-state index contributed by atoms with van der Waals surface area (Å²) >= 11 is 2.60. The van der Waals surface area contributed by atoms with Gasteiger partial charge in [0.25, 0.3) is 0 Å². The van der Waals surface area contributed by atoms with E-state index in [1.54, 1.807) is 0 Å². The molecule has 2 rings (SSSR count). The number of allylic oxidation sites excluding steroid dienone is 2. The Kier molecular flexibility index (Phi) is 3.02. The Bertz CT molecular complexity index is 381. The highest BCUT2D eigenvalue weighted by Crippen LogP contribution is 2.64. The minimum absolute atomic E-state index is 0.679. The third kappa shape index (κ3) is 2.42. The SMILES string of the molecule is CC1=CS(I)(Cc2ccccc2)C=C1. The van der Waals surface area contributed by atoms with Gasteiger partial charge in [0.1, 0.15) is 0 Å². The summed E-state index contributed by atoms with van der Waals surface area (Å²) in [6, 6.07) is 10.7. The van der Waals surface area contributed by atoms with Crippen LogP contribution in [0.15, 0.2) is 52.8 Å². The summed E-state index contributed by atoms with van der Waals surface area (Å²) in [5.41, 5.74) is 2.85. The second kappa shape index (κ2) is 4.11. The number of hydrogen-bond donors (Lipinski definition) is 0. The van der Waals surface area contributed by atoms with Crippen molar-refractivity contribution in [2.24, 2.45) is 0 Å². The quantitative estimate of drug-likeness (QED) is 0.689. The maximum Gasteiger partial charge on any atom is 0.0179 e. The molecule has 0 aliphatic carbocycles. The third-order valence-electron chi connectivity index (χ3n) is 2.17. The summed E-state index contributed by atoms with van der Waals surface area (Å²) in [6.45, 7) is 2.18. The highest BCUT2D eigenvalue weighted by atomic mass is 127. The van der Waals surface area contributed by atoms with Crippen molar-refractivity contribution in [3.05, 3.63) is 58.4 Å². The van der Waals surface area contributed by atoms with E-state index in [0.717, 1.165) is 0 Å². The van der Waals surface area contributed by atoms with Crippen molar-refractivity contribution < 1.29 is 0 Å². The zero-order chi connectivity index (χ0) is 10.0. The van der Waals surface area contributed by atoms with Crippen molar-refractivity contribution in [1.82, 2.24) is 0 Å². The summed E-state index contributed by atoms with van der Waals surface area (Å²) in [7, 11) is -0.679. The first-order chi connectivity index (χ1) is 6.68. The van der Waals surface area contributed by atoms with E-state index in [9.17, 15) is 0 Å². The van der Waals surface area contributed by atoms with Crippen molar-refractivity contribution in [1.29, 1.82) is 0 Å². The molecule has 1 aliphatic rings. The van der Waals surface area contributed by atoms with Gasteiger partial charge in [0, 0.05) is 5.75 Å². The minimum atomic E-state index is -0.679. The Labute approximate surface area is 99.0 Å². The molecule has 1 heterocycles. The van der Waals surface area contributed by atoms with Crippen molar-refractivity contribution in [2.45, 2.75) is 12.7 Å². The Morgan fingerprint density at radius 2 is 1.93 bits per heavy atom. The molecule has 0 N–H and O–H groups in total. The van der Waals surface area contributed by atoms with Crippen molar-refractivity contribution >= 4 is 28.4 Å². The molecule has 0 saturated heterocycles. The predicted octanol–water partition coefficient (Wildman–Crippen LogP) is 4.77. The molecule has 2 heteroatoms. The zero-order valence-electron chi connectivity index (χ0n) is 8.11. The van der Waals surface area contributed by atoms with Gasteiger partial charge in [-0.25, -0.2) is 0 Å². The van der Waals surface area contributed by atoms with Gasteiger partial charge < -0.3 is 0 Å². The number of rotatable bonds is 2. The molecular formula is C12H13IS. The van der Waals surface area contributed by atoms with Gasteiger partial charge in [0.15, 0.2) is 0 Å². The monoisotopic (exact) mass is 316 g/mol. The van der Waals surface area contributed by atoms with Gasteiger partial charge >= 0.3 is 0 Å². The highest BCUT2D eigenvalue weighted by Gasteiger charge is 2.18. The average Bonchev–Trinajstić information content (AvgIpc) is 2.47. The second-order valence-electron chi connectivity index (χ2n) is 3.55. The summed E-state index contributed by atoms with van der Waals surface area (Å²) < 4.78 is 0. The van der Waals surface area contributed by atoms with Crippen LogP contribution in [0, 0.1) is 0 Å². The Morgan fingerprint density at radius 3 is 2.50 bits per heavy atom. The molecule has 1 aromatic carbocycles. The van der Waals surface area contributed by atoms with Gasteiger partial charge in [-0.05, 0) is 50.1 Å². The fourth-order valence-electron chi connectivity index (χ4n) is 1.53. The standard InChI is InChI=1S/C12H13IS/c1-11-7-8-14(13,9-11)10-12-5-3-2-4-6-12/h2-9H,10H2,1H3. The fourth-order valence-corrected chi connectivity index (χ4v) is 6.35. The summed E-state index contributed by atoms with van der Waals surface area (Å²) in [6.07, 6.45) is 2.24. The maximum atomic E-state index is 2.60. The molecule has 74 valence electrons. The van der Waals surface area contributed by atoms with Crippen LogP contribution in [0.4, 0.5) is 0 Å². The molecule has 0 aromatic heterocycles. The summed E-state index contributed by atoms with van der Waals surface area (Å²) in [5.74, 6) is 1.17. The van der Waals surface area contributed by atoms with E-state index in [-0.39, 0.29) is 0 Å². The van der Waals surface area contributed by atoms with E-state index in [1.807, 2.05) is 0 Å². The first-order valence-electron chi connectivity index (χ1n) is 4.59. The van der Waals surface area contributed by atoms with Crippen LogP contribution in [0.2, 0.25) is 0 Å². The largest absolute Gasteiger partial charge is 0.142 e. The highest BCUT2D eigenvalue weighted by molar-refractivity contribution is 14.2. The van der Waals surface area contributed by atoms with Crippen LogP contribution in [-0.2, 0) is 5.75 Å². The molecule has 0 spiro atoms. The van der Waals surface area contributed by atoms with E-state index in [1.165, 1.54) is 16.9 Å².